The zero-order valence-corrected chi connectivity index (χ0v) is 18.7. The Labute approximate surface area is 189 Å². The molecule has 7 heteroatoms. The van der Waals surface area contributed by atoms with Gasteiger partial charge in [-0.05, 0) is 35.2 Å². The number of nitrogens with zero attached hydrogens (tertiary/aromatic N) is 2. The highest BCUT2D eigenvalue weighted by atomic mass is 35.5. The van der Waals surface area contributed by atoms with Crippen molar-refractivity contribution in [2.45, 2.75) is 18.4 Å². The van der Waals surface area contributed by atoms with Crippen LogP contribution in [-0.4, -0.2) is 54.2 Å². The van der Waals surface area contributed by atoms with E-state index in [1.807, 2.05) is 12.1 Å². The second-order valence-corrected chi connectivity index (χ2v) is 8.02. The monoisotopic (exact) mass is 462 g/mol. The predicted molar refractivity (Wildman–Crippen MR) is 122 cm³/mol. The number of benzene rings is 2. The zero-order valence-electron chi connectivity index (χ0n) is 15.6. The number of fused-ring (bicyclic) bond motifs is 1. The zero-order chi connectivity index (χ0) is 18.1. The molecular formula is C21H26Cl4N2O. The maximum atomic E-state index is 9.15. The first-order chi connectivity index (χ1) is 12.7. The van der Waals surface area contributed by atoms with Crippen molar-refractivity contribution in [3.05, 3.63) is 69.2 Å². The number of rotatable bonds is 4. The summed E-state index contributed by atoms with van der Waals surface area (Å²) in [5.41, 5.74) is 4.10. The second-order valence-electron chi connectivity index (χ2n) is 7.21. The molecule has 0 bridgehead atoms. The summed E-state index contributed by atoms with van der Waals surface area (Å²) in [6.45, 7) is 5.17. The summed E-state index contributed by atoms with van der Waals surface area (Å²) >= 11 is 12.4. The average Bonchev–Trinajstić information content (AvgIpc) is 3.05. The minimum atomic E-state index is 0. The molecule has 2 aromatic carbocycles. The third-order valence-electron chi connectivity index (χ3n) is 5.80. The van der Waals surface area contributed by atoms with Crippen LogP contribution in [0.25, 0.3) is 0 Å². The lowest BCUT2D eigenvalue weighted by molar-refractivity contribution is 0.0827. The number of hydrogen-bond acceptors (Lipinski definition) is 3. The fraction of sp³-hybridized carbons (Fsp3) is 0.429. The van der Waals surface area contributed by atoms with Crippen molar-refractivity contribution in [1.29, 1.82) is 0 Å². The van der Waals surface area contributed by atoms with Crippen molar-refractivity contribution < 1.29 is 5.11 Å². The molecule has 0 radical (unpaired) electrons. The Morgan fingerprint density at radius 1 is 0.893 bits per heavy atom. The number of hydrogen-bond donors (Lipinski definition) is 1. The van der Waals surface area contributed by atoms with Crippen LogP contribution in [0.1, 0.15) is 35.1 Å². The third-order valence-corrected chi connectivity index (χ3v) is 6.54. The van der Waals surface area contributed by atoms with Gasteiger partial charge in [0.1, 0.15) is 0 Å². The average molecular weight is 464 g/mol. The quantitative estimate of drug-likeness (QED) is 0.689. The molecule has 1 heterocycles. The van der Waals surface area contributed by atoms with Crippen LogP contribution in [0.3, 0.4) is 0 Å². The molecule has 2 atom stereocenters. The normalized spacial score (nSPS) is 22.2. The van der Waals surface area contributed by atoms with E-state index in [-0.39, 0.29) is 31.4 Å². The minimum absolute atomic E-state index is 0. The van der Waals surface area contributed by atoms with Crippen molar-refractivity contribution in [2.24, 2.45) is 0 Å². The third kappa shape index (κ3) is 4.79. The first kappa shape index (κ1) is 23.8. The fourth-order valence-electron chi connectivity index (χ4n) is 4.44. The van der Waals surface area contributed by atoms with Gasteiger partial charge in [-0.3, -0.25) is 9.80 Å². The van der Waals surface area contributed by atoms with Crippen LogP contribution in [0.15, 0.2) is 42.5 Å². The van der Waals surface area contributed by atoms with Crippen molar-refractivity contribution >= 4 is 48.0 Å². The number of β-amino-alcohol motifs (C(OH)–C–C–N with tert-alkyl or cyclic N) is 1. The van der Waals surface area contributed by atoms with E-state index < -0.39 is 0 Å². The topological polar surface area (TPSA) is 26.7 Å². The Morgan fingerprint density at radius 3 is 2.21 bits per heavy atom. The van der Waals surface area contributed by atoms with E-state index in [1.165, 1.54) is 16.7 Å². The van der Waals surface area contributed by atoms with Crippen molar-refractivity contribution in [3.63, 3.8) is 0 Å². The standard InChI is InChI=1S/C21H24Cl2N2O.2ClH/c22-19-6-5-15(13-20(19)23)18-14-21(17-4-2-1-3-16(17)18)25-9-7-24(8-10-25)11-12-26;;/h1-6,13,18,21,26H,7-12,14H2;2*1H. The molecule has 2 unspecified atom stereocenters. The Morgan fingerprint density at radius 2 is 1.57 bits per heavy atom. The molecule has 2 aromatic rings. The smallest absolute Gasteiger partial charge is 0.0595 e. The molecule has 0 spiro atoms. The van der Waals surface area contributed by atoms with E-state index in [4.69, 9.17) is 28.3 Å². The van der Waals surface area contributed by atoms with Gasteiger partial charge in [-0.1, -0.05) is 53.5 Å². The maximum absolute atomic E-state index is 9.15. The van der Waals surface area contributed by atoms with Crippen LogP contribution in [0.5, 0.6) is 0 Å². The van der Waals surface area contributed by atoms with Crippen LogP contribution < -0.4 is 0 Å². The molecule has 1 N–H and O–H groups in total. The van der Waals surface area contributed by atoms with Crippen LogP contribution in [-0.2, 0) is 0 Å². The molecule has 1 aliphatic carbocycles. The molecule has 1 fully saturated rings. The molecule has 0 aromatic heterocycles. The van der Waals surface area contributed by atoms with Crippen LogP contribution >= 0.6 is 48.0 Å². The maximum Gasteiger partial charge on any atom is 0.0595 e. The molecular weight excluding hydrogens is 438 g/mol. The SMILES string of the molecule is Cl.Cl.OCCN1CCN(C2CC(c3ccc(Cl)c(Cl)c3)c3ccccc32)CC1. The first-order valence-corrected chi connectivity index (χ1v) is 10.0. The van der Waals surface area contributed by atoms with Crippen molar-refractivity contribution in [3.8, 4) is 0 Å². The lowest BCUT2D eigenvalue weighted by Crippen LogP contribution is -2.48. The molecule has 1 saturated heterocycles. The number of piperazine rings is 1. The molecule has 3 nitrogen and oxygen atoms in total. The van der Waals surface area contributed by atoms with Gasteiger partial charge in [-0.2, -0.15) is 0 Å². The Bertz CT molecular complexity index is 781. The van der Waals surface area contributed by atoms with E-state index in [0.717, 1.165) is 39.1 Å². The van der Waals surface area contributed by atoms with Gasteiger partial charge in [0, 0.05) is 44.7 Å². The van der Waals surface area contributed by atoms with E-state index in [2.05, 4.69) is 40.1 Å². The van der Waals surface area contributed by atoms with Gasteiger partial charge in [0.15, 0.2) is 0 Å². The fourth-order valence-corrected chi connectivity index (χ4v) is 4.75. The lowest BCUT2D eigenvalue weighted by Gasteiger charge is -2.38. The number of aliphatic hydroxyl groups excluding tert-OH is 1. The summed E-state index contributed by atoms with van der Waals surface area (Å²) < 4.78 is 0. The molecule has 154 valence electrons. The molecule has 0 saturated carbocycles. The second kappa shape index (κ2) is 10.5. The van der Waals surface area contributed by atoms with E-state index >= 15 is 0 Å². The van der Waals surface area contributed by atoms with Gasteiger partial charge in [-0.25, -0.2) is 0 Å². The highest BCUT2D eigenvalue weighted by molar-refractivity contribution is 6.42. The van der Waals surface area contributed by atoms with Gasteiger partial charge in [0.2, 0.25) is 0 Å². The van der Waals surface area contributed by atoms with Gasteiger partial charge in [0.05, 0.1) is 16.7 Å². The molecule has 1 aliphatic heterocycles. The molecule has 2 aliphatic rings. The molecule has 4 rings (SSSR count). The van der Waals surface area contributed by atoms with E-state index in [1.54, 1.807) is 0 Å². The highest BCUT2D eigenvalue weighted by Gasteiger charge is 2.36. The van der Waals surface area contributed by atoms with E-state index in [9.17, 15) is 0 Å². The van der Waals surface area contributed by atoms with Gasteiger partial charge in [-0.15, -0.1) is 24.8 Å². The van der Waals surface area contributed by atoms with Crippen LogP contribution in [0.2, 0.25) is 10.0 Å². The summed E-state index contributed by atoms with van der Waals surface area (Å²) in [5.74, 6) is 0.362. The predicted octanol–water partition coefficient (Wildman–Crippen LogP) is 5.02. The van der Waals surface area contributed by atoms with Crippen molar-refractivity contribution in [1.82, 2.24) is 9.80 Å². The van der Waals surface area contributed by atoms with Gasteiger partial charge < -0.3 is 5.11 Å². The van der Waals surface area contributed by atoms with Gasteiger partial charge in [0.25, 0.3) is 0 Å². The summed E-state index contributed by atoms with van der Waals surface area (Å²) in [6, 6.07) is 15.3. The van der Waals surface area contributed by atoms with Crippen molar-refractivity contribution in [2.75, 3.05) is 39.3 Å². The molecule has 0 amide bonds. The Kier molecular flexibility index (Phi) is 8.90. The number of halogens is 4. The Hall–Kier alpha value is -0.520. The summed E-state index contributed by atoms with van der Waals surface area (Å²) in [5, 5.41) is 10.4. The summed E-state index contributed by atoms with van der Waals surface area (Å²) in [4.78, 5) is 4.94. The largest absolute Gasteiger partial charge is 0.395 e. The molecule has 28 heavy (non-hydrogen) atoms. The minimum Gasteiger partial charge on any atom is -0.395 e. The highest BCUT2D eigenvalue weighted by Crippen LogP contribution is 2.47. The summed E-state index contributed by atoms with van der Waals surface area (Å²) in [7, 11) is 0. The van der Waals surface area contributed by atoms with Crippen LogP contribution in [0.4, 0.5) is 0 Å². The summed E-state index contributed by atoms with van der Waals surface area (Å²) in [6.07, 6.45) is 1.08. The van der Waals surface area contributed by atoms with Crippen LogP contribution in [0, 0.1) is 0 Å². The Balaban J connectivity index is 0.00000140. The first-order valence-electron chi connectivity index (χ1n) is 9.28. The van der Waals surface area contributed by atoms with Gasteiger partial charge >= 0.3 is 0 Å². The number of aliphatic hydroxyl groups is 1. The lowest BCUT2D eigenvalue weighted by atomic mass is 9.93. The van der Waals surface area contributed by atoms with E-state index in [0.29, 0.717) is 22.0 Å².